The number of pyridine rings is 3. The zero-order valence-corrected chi connectivity index (χ0v) is 22.0. The van der Waals surface area contributed by atoms with Crippen LogP contribution in [-0.4, -0.2) is 33.8 Å². The highest BCUT2D eigenvalue weighted by atomic mass is 16.2. The summed E-state index contributed by atoms with van der Waals surface area (Å²) in [4.78, 5) is 38.2. The second-order valence-corrected chi connectivity index (χ2v) is 9.54. The molecule has 0 radical (unpaired) electrons. The van der Waals surface area contributed by atoms with Gasteiger partial charge in [0, 0.05) is 41.9 Å². The molecule has 0 aliphatic carbocycles. The van der Waals surface area contributed by atoms with Gasteiger partial charge in [-0.25, -0.2) is 0 Å². The van der Waals surface area contributed by atoms with E-state index in [1.165, 1.54) is 0 Å². The summed E-state index contributed by atoms with van der Waals surface area (Å²) in [6, 6.07) is 18.7. The van der Waals surface area contributed by atoms with E-state index in [4.69, 9.17) is 0 Å². The largest absolute Gasteiger partial charge is 0.354 e. The van der Waals surface area contributed by atoms with Gasteiger partial charge < -0.3 is 10.6 Å². The highest BCUT2D eigenvalue weighted by Crippen LogP contribution is 2.31. The van der Waals surface area contributed by atoms with Crippen LogP contribution in [0.15, 0.2) is 67.0 Å². The summed E-state index contributed by atoms with van der Waals surface area (Å²) < 4.78 is 0. The molecule has 0 saturated heterocycles. The molecule has 2 amide bonds. The molecule has 4 rings (SSSR count). The second-order valence-electron chi connectivity index (χ2n) is 9.54. The lowest BCUT2D eigenvalue weighted by Crippen LogP contribution is -2.19. The van der Waals surface area contributed by atoms with Gasteiger partial charge in [0.25, 0.3) is 11.8 Å². The minimum Gasteiger partial charge on any atom is -0.354 e. The molecule has 1 aromatic carbocycles. The van der Waals surface area contributed by atoms with E-state index in [1.54, 1.807) is 51.5 Å². The Morgan fingerprint density at radius 3 is 2.39 bits per heavy atom. The summed E-state index contributed by atoms with van der Waals surface area (Å²) in [5, 5.41) is 15.0. The number of benzene rings is 1. The summed E-state index contributed by atoms with van der Waals surface area (Å²) in [6.07, 6.45) is 3.13. The topological polar surface area (TPSA) is 121 Å². The third kappa shape index (κ3) is 5.57. The highest BCUT2D eigenvalue weighted by molar-refractivity contribution is 6.04. The Morgan fingerprint density at radius 1 is 0.895 bits per heavy atom. The van der Waals surface area contributed by atoms with E-state index in [1.807, 2.05) is 50.2 Å². The number of hydrogen-bond acceptors (Lipinski definition) is 6. The molecule has 0 atom stereocenters. The molecule has 0 unspecified atom stereocenters. The number of carbonyl (C=O) groups is 2. The van der Waals surface area contributed by atoms with Crippen LogP contribution in [0.25, 0.3) is 22.4 Å². The van der Waals surface area contributed by atoms with Gasteiger partial charge >= 0.3 is 0 Å². The van der Waals surface area contributed by atoms with Crippen molar-refractivity contribution in [2.45, 2.75) is 33.1 Å². The van der Waals surface area contributed by atoms with Crippen LogP contribution < -0.4 is 10.6 Å². The predicted molar refractivity (Wildman–Crippen MR) is 147 cm³/mol. The lowest BCUT2D eigenvalue weighted by molar-refractivity contribution is 0.0957. The quantitative estimate of drug-likeness (QED) is 0.371. The number of anilines is 1. The Hall–Kier alpha value is -4.90. The van der Waals surface area contributed by atoms with Crippen LogP contribution in [-0.2, 0) is 5.41 Å². The first-order valence-electron chi connectivity index (χ1n) is 12.1. The van der Waals surface area contributed by atoms with Crippen molar-refractivity contribution in [1.82, 2.24) is 20.3 Å². The number of aromatic nitrogens is 3. The van der Waals surface area contributed by atoms with Crippen molar-refractivity contribution in [1.29, 1.82) is 5.26 Å². The van der Waals surface area contributed by atoms with Crippen molar-refractivity contribution < 1.29 is 9.59 Å². The molecule has 0 saturated carbocycles. The standard InChI is InChI=1S/C30H28N6O2/c1-18-6-7-23(36-28(37)21-9-11-34-27(15-21)30(3,4)17-31)16-24(18)22-12-19(2)35-25(14-22)20-8-10-33-26(13-20)29(38)32-5/h6-16H,1-5H3,(H,32,38)(H,36,37). The Labute approximate surface area is 221 Å². The monoisotopic (exact) mass is 504 g/mol. The van der Waals surface area contributed by atoms with Crippen LogP contribution in [0.5, 0.6) is 0 Å². The number of amides is 2. The number of hydrogen-bond donors (Lipinski definition) is 2. The van der Waals surface area contributed by atoms with E-state index >= 15 is 0 Å². The van der Waals surface area contributed by atoms with Crippen molar-refractivity contribution in [3.63, 3.8) is 0 Å². The highest BCUT2D eigenvalue weighted by Gasteiger charge is 2.22. The molecule has 0 spiro atoms. The van der Waals surface area contributed by atoms with Crippen LogP contribution >= 0.6 is 0 Å². The predicted octanol–water partition coefficient (Wildman–Crippen LogP) is 5.24. The van der Waals surface area contributed by atoms with E-state index in [0.29, 0.717) is 28.3 Å². The van der Waals surface area contributed by atoms with Crippen molar-refractivity contribution in [2.75, 3.05) is 12.4 Å². The smallest absolute Gasteiger partial charge is 0.269 e. The molecular formula is C30H28N6O2. The minimum atomic E-state index is -0.805. The number of carbonyl (C=O) groups excluding carboxylic acids is 2. The Balaban J connectivity index is 1.66. The molecule has 8 nitrogen and oxygen atoms in total. The molecule has 0 bridgehead atoms. The SMILES string of the molecule is CNC(=O)c1cc(-c2cc(-c3cc(NC(=O)c4ccnc(C(C)(C)C#N)c4)ccc3C)cc(C)n2)ccn1. The molecule has 0 aliphatic heterocycles. The van der Waals surface area contributed by atoms with Crippen molar-refractivity contribution >= 4 is 17.5 Å². The van der Waals surface area contributed by atoms with Gasteiger partial charge in [-0.3, -0.25) is 24.5 Å². The fourth-order valence-corrected chi connectivity index (χ4v) is 4.00. The zero-order chi connectivity index (χ0) is 27.4. The molecule has 8 heteroatoms. The van der Waals surface area contributed by atoms with Gasteiger partial charge in [0.1, 0.15) is 5.69 Å². The average Bonchev–Trinajstić information content (AvgIpc) is 2.93. The van der Waals surface area contributed by atoms with E-state index in [2.05, 4.69) is 31.7 Å². The molecule has 0 aliphatic rings. The summed E-state index contributed by atoms with van der Waals surface area (Å²) in [7, 11) is 1.56. The molecule has 4 aromatic rings. The van der Waals surface area contributed by atoms with Gasteiger partial charge in [0.15, 0.2) is 0 Å². The van der Waals surface area contributed by atoms with Crippen LogP contribution in [0, 0.1) is 25.2 Å². The third-order valence-corrected chi connectivity index (χ3v) is 6.22. The number of aryl methyl sites for hydroxylation is 2. The Kier molecular flexibility index (Phi) is 7.31. The number of nitriles is 1. The molecule has 0 fully saturated rings. The van der Waals surface area contributed by atoms with E-state index in [0.717, 1.165) is 27.9 Å². The lowest BCUT2D eigenvalue weighted by Gasteiger charge is -2.15. The van der Waals surface area contributed by atoms with E-state index < -0.39 is 5.41 Å². The molecule has 190 valence electrons. The summed E-state index contributed by atoms with van der Waals surface area (Å²) in [5.74, 6) is -0.557. The molecule has 38 heavy (non-hydrogen) atoms. The maximum atomic E-state index is 13.0. The first kappa shape index (κ1) is 26.2. The van der Waals surface area contributed by atoms with Crippen molar-refractivity contribution in [3.05, 3.63) is 95.2 Å². The maximum absolute atomic E-state index is 13.0. The number of rotatable bonds is 6. The molecular weight excluding hydrogens is 476 g/mol. The van der Waals surface area contributed by atoms with Gasteiger partial charge in [0.05, 0.1) is 22.9 Å². The summed E-state index contributed by atoms with van der Waals surface area (Å²) in [5.41, 5.74) is 6.31. The van der Waals surface area contributed by atoms with Crippen molar-refractivity contribution in [2.24, 2.45) is 0 Å². The molecule has 3 heterocycles. The second kappa shape index (κ2) is 10.6. The number of nitrogens with zero attached hydrogens (tertiary/aromatic N) is 4. The maximum Gasteiger partial charge on any atom is 0.269 e. The van der Waals surface area contributed by atoms with Crippen LogP contribution in [0.4, 0.5) is 5.69 Å². The van der Waals surface area contributed by atoms with Crippen LogP contribution in [0.2, 0.25) is 0 Å². The number of nitrogens with one attached hydrogen (secondary N) is 2. The minimum absolute atomic E-state index is 0.267. The fraction of sp³-hybridized carbons (Fsp3) is 0.200. The van der Waals surface area contributed by atoms with Gasteiger partial charge in [-0.15, -0.1) is 0 Å². The average molecular weight is 505 g/mol. The van der Waals surface area contributed by atoms with E-state index in [-0.39, 0.29) is 11.8 Å². The molecule has 3 aromatic heterocycles. The van der Waals surface area contributed by atoms with Gasteiger partial charge in [-0.2, -0.15) is 5.26 Å². The van der Waals surface area contributed by atoms with Crippen LogP contribution in [0.3, 0.4) is 0 Å². The van der Waals surface area contributed by atoms with Gasteiger partial charge in [-0.1, -0.05) is 6.07 Å². The third-order valence-electron chi connectivity index (χ3n) is 6.22. The Morgan fingerprint density at radius 2 is 1.66 bits per heavy atom. The van der Waals surface area contributed by atoms with Crippen molar-refractivity contribution in [3.8, 4) is 28.5 Å². The normalized spacial score (nSPS) is 10.9. The first-order valence-corrected chi connectivity index (χ1v) is 12.1. The Bertz CT molecular complexity index is 1590. The van der Waals surface area contributed by atoms with E-state index in [9.17, 15) is 14.9 Å². The van der Waals surface area contributed by atoms with Gasteiger partial charge in [0.2, 0.25) is 0 Å². The fourth-order valence-electron chi connectivity index (χ4n) is 4.00. The van der Waals surface area contributed by atoms with Gasteiger partial charge in [-0.05, 0) is 92.9 Å². The first-order chi connectivity index (χ1) is 18.1. The summed E-state index contributed by atoms with van der Waals surface area (Å²) in [6.45, 7) is 7.45. The lowest BCUT2D eigenvalue weighted by atomic mass is 9.90. The zero-order valence-electron chi connectivity index (χ0n) is 22.0. The molecule has 2 N–H and O–H groups in total. The summed E-state index contributed by atoms with van der Waals surface area (Å²) >= 11 is 0. The van der Waals surface area contributed by atoms with Crippen LogP contribution in [0.1, 0.15) is 51.6 Å².